The Kier molecular flexibility index (Phi) is 4.19. The van der Waals surface area contributed by atoms with Gasteiger partial charge in [-0.1, -0.05) is 11.6 Å². The zero-order valence-electron chi connectivity index (χ0n) is 8.65. The van der Waals surface area contributed by atoms with Gasteiger partial charge < -0.3 is 5.32 Å². The predicted octanol–water partition coefficient (Wildman–Crippen LogP) is 5.28. The summed E-state index contributed by atoms with van der Waals surface area (Å²) >= 11 is 12.0. The van der Waals surface area contributed by atoms with Crippen molar-refractivity contribution in [2.75, 3.05) is 5.32 Å². The maximum Gasteiger partial charge on any atom is 0.149 e. The van der Waals surface area contributed by atoms with Crippen molar-refractivity contribution in [1.29, 1.82) is 0 Å². The van der Waals surface area contributed by atoms with Crippen molar-refractivity contribution >= 4 is 55.0 Å². The molecule has 2 nitrogen and oxygen atoms in total. The molecular formula is C11H5Br2ClF2N2. The van der Waals surface area contributed by atoms with E-state index in [0.717, 1.165) is 12.1 Å². The lowest BCUT2D eigenvalue weighted by Gasteiger charge is -2.09. The Bertz CT molecular complexity index is 608. The summed E-state index contributed by atoms with van der Waals surface area (Å²) in [5.41, 5.74) is -0.0348. The summed E-state index contributed by atoms with van der Waals surface area (Å²) in [6.45, 7) is 0. The molecule has 0 aliphatic rings. The number of nitrogens with one attached hydrogen (secondary N) is 1. The van der Waals surface area contributed by atoms with Crippen LogP contribution in [0.1, 0.15) is 0 Å². The van der Waals surface area contributed by atoms with Gasteiger partial charge in [0, 0.05) is 16.7 Å². The zero-order valence-corrected chi connectivity index (χ0v) is 12.6. The average molecular weight is 398 g/mol. The van der Waals surface area contributed by atoms with Crippen LogP contribution in [0.25, 0.3) is 0 Å². The van der Waals surface area contributed by atoms with Crippen LogP contribution < -0.4 is 5.32 Å². The van der Waals surface area contributed by atoms with Crippen LogP contribution in [0.5, 0.6) is 0 Å². The Hall–Kier alpha value is -0.720. The largest absolute Gasteiger partial charge is 0.337 e. The fraction of sp³-hybridized carbons (Fsp3) is 0. The highest BCUT2D eigenvalue weighted by atomic mass is 79.9. The van der Waals surface area contributed by atoms with Gasteiger partial charge in [-0.2, -0.15) is 0 Å². The van der Waals surface area contributed by atoms with Gasteiger partial charge in [0.2, 0.25) is 0 Å². The van der Waals surface area contributed by atoms with E-state index in [9.17, 15) is 8.78 Å². The molecule has 0 bridgehead atoms. The molecule has 0 aliphatic heterocycles. The molecule has 0 spiro atoms. The van der Waals surface area contributed by atoms with Crippen LogP contribution in [0.15, 0.2) is 33.3 Å². The number of hydrogen-bond donors (Lipinski definition) is 1. The molecule has 1 heterocycles. The van der Waals surface area contributed by atoms with Crippen molar-refractivity contribution < 1.29 is 8.78 Å². The Labute approximate surface area is 124 Å². The number of aromatic nitrogens is 1. The molecule has 1 aromatic carbocycles. The standard InChI is InChI=1S/C11H5Br2ClF2N2/c12-5-1-7(14)11(17-4-5)18-10-3-8(15)6(13)2-9(10)16/h1-4H,(H,17,18). The quantitative estimate of drug-likeness (QED) is 0.696. The molecule has 0 amide bonds. The van der Waals surface area contributed by atoms with E-state index in [4.69, 9.17) is 11.6 Å². The third kappa shape index (κ3) is 2.99. The summed E-state index contributed by atoms with van der Waals surface area (Å²) in [4.78, 5) is 3.98. The molecule has 0 saturated carbocycles. The molecular weight excluding hydrogens is 393 g/mol. The van der Waals surface area contributed by atoms with Gasteiger partial charge in [-0.25, -0.2) is 13.8 Å². The molecule has 0 unspecified atom stereocenters. The lowest BCUT2D eigenvalue weighted by atomic mass is 10.3. The van der Waals surface area contributed by atoms with E-state index in [1.54, 1.807) is 6.07 Å². The zero-order chi connectivity index (χ0) is 13.3. The molecule has 0 saturated heterocycles. The van der Waals surface area contributed by atoms with Crippen LogP contribution in [0.3, 0.4) is 0 Å². The molecule has 94 valence electrons. The second kappa shape index (κ2) is 5.50. The van der Waals surface area contributed by atoms with Crippen molar-refractivity contribution in [2.24, 2.45) is 0 Å². The maximum atomic E-state index is 13.6. The minimum absolute atomic E-state index is 0.0348. The fourth-order valence-corrected chi connectivity index (χ4v) is 2.24. The molecule has 1 aromatic heterocycles. The molecule has 1 N–H and O–H groups in total. The molecule has 2 rings (SSSR count). The van der Waals surface area contributed by atoms with Crippen LogP contribution >= 0.6 is 43.5 Å². The normalized spacial score (nSPS) is 10.5. The van der Waals surface area contributed by atoms with Crippen molar-refractivity contribution in [3.8, 4) is 0 Å². The van der Waals surface area contributed by atoms with Crippen molar-refractivity contribution in [3.05, 3.63) is 50.0 Å². The number of hydrogen-bond acceptors (Lipinski definition) is 2. The first-order chi connectivity index (χ1) is 8.47. The molecule has 7 heteroatoms. The van der Waals surface area contributed by atoms with Crippen molar-refractivity contribution in [1.82, 2.24) is 4.98 Å². The summed E-state index contributed by atoms with van der Waals surface area (Å²) in [5.74, 6) is -0.934. The van der Waals surface area contributed by atoms with Crippen LogP contribution in [0.4, 0.5) is 20.3 Å². The summed E-state index contributed by atoms with van der Waals surface area (Å²) in [5, 5.41) is 2.93. The van der Waals surface area contributed by atoms with Crippen LogP contribution in [-0.4, -0.2) is 4.98 Å². The number of halogens is 5. The van der Waals surface area contributed by atoms with Crippen LogP contribution in [-0.2, 0) is 0 Å². The smallest absolute Gasteiger partial charge is 0.149 e. The first-order valence-corrected chi connectivity index (χ1v) is 6.66. The van der Waals surface area contributed by atoms with Crippen LogP contribution in [0.2, 0.25) is 5.02 Å². The van der Waals surface area contributed by atoms with E-state index in [0.29, 0.717) is 9.50 Å². The molecule has 0 radical (unpaired) electrons. The third-order valence-corrected chi connectivity index (χ3v) is 3.40. The fourth-order valence-electron chi connectivity index (χ4n) is 1.25. The van der Waals surface area contributed by atoms with E-state index in [-0.39, 0.29) is 16.0 Å². The number of nitrogens with zero attached hydrogens (tertiary/aromatic N) is 1. The minimum atomic E-state index is -0.607. The van der Waals surface area contributed by atoms with E-state index in [1.807, 2.05) is 0 Å². The second-order valence-corrected chi connectivity index (χ2v) is 5.53. The van der Waals surface area contributed by atoms with E-state index < -0.39 is 11.6 Å². The summed E-state index contributed by atoms with van der Waals surface area (Å²) in [6, 6.07) is 3.66. The van der Waals surface area contributed by atoms with Crippen LogP contribution in [0, 0.1) is 11.6 Å². The van der Waals surface area contributed by atoms with Gasteiger partial charge in [-0.3, -0.25) is 0 Å². The maximum absolute atomic E-state index is 13.6. The summed E-state index contributed by atoms with van der Waals surface area (Å²) in [7, 11) is 0. The lowest BCUT2D eigenvalue weighted by molar-refractivity contribution is 0.598. The minimum Gasteiger partial charge on any atom is -0.337 e. The van der Waals surface area contributed by atoms with E-state index >= 15 is 0 Å². The Balaban J connectivity index is 2.37. The average Bonchev–Trinajstić information content (AvgIpc) is 2.29. The lowest BCUT2D eigenvalue weighted by Crippen LogP contribution is -1.98. The second-order valence-electron chi connectivity index (χ2n) is 3.36. The Morgan fingerprint density at radius 2 is 1.83 bits per heavy atom. The molecule has 2 aromatic rings. The highest BCUT2D eigenvalue weighted by Crippen LogP contribution is 2.29. The van der Waals surface area contributed by atoms with Crippen molar-refractivity contribution in [3.63, 3.8) is 0 Å². The number of anilines is 2. The van der Waals surface area contributed by atoms with E-state index in [1.165, 1.54) is 6.20 Å². The highest BCUT2D eigenvalue weighted by Gasteiger charge is 2.10. The van der Waals surface area contributed by atoms with Gasteiger partial charge >= 0.3 is 0 Å². The first-order valence-electron chi connectivity index (χ1n) is 4.70. The van der Waals surface area contributed by atoms with Crippen molar-refractivity contribution in [2.45, 2.75) is 0 Å². The van der Waals surface area contributed by atoms with Gasteiger partial charge in [-0.05, 0) is 44.0 Å². The van der Waals surface area contributed by atoms with Gasteiger partial charge in [-0.15, -0.1) is 0 Å². The summed E-state index contributed by atoms with van der Waals surface area (Å²) in [6.07, 6.45) is 1.50. The molecule has 0 fully saturated rings. The topological polar surface area (TPSA) is 24.9 Å². The third-order valence-electron chi connectivity index (χ3n) is 2.07. The van der Waals surface area contributed by atoms with Gasteiger partial charge in [0.05, 0.1) is 15.2 Å². The predicted molar refractivity (Wildman–Crippen MR) is 74.3 cm³/mol. The highest BCUT2D eigenvalue weighted by molar-refractivity contribution is 9.10. The number of rotatable bonds is 2. The summed E-state index contributed by atoms with van der Waals surface area (Å²) < 4.78 is 27.7. The Morgan fingerprint density at radius 1 is 1.11 bits per heavy atom. The number of pyridine rings is 1. The Morgan fingerprint density at radius 3 is 2.50 bits per heavy atom. The molecule has 0 atom stereocenters. The molecule has 0 aliphatic carbocycles. The number of benzene rings is 1. The van der Waals surface area contributed by atoms with E-state index in [2.05, 4.69) is 42.2 Å². The monoisotopic (exact) mass is 396 g/mol. The van der Waals surface area contributed by atoms with Gasteiger partial charge in [0.25, 0.3) is 0 Å². The van der Waals surface area contributed by atoms with Gasteiger partial charge in [0.15, 0.2) is 0 Å². The van der Waals surface area contributed by atoms with Gasteiger partial charge in [0.1, 0.15) is 17.5 Å². The first kappa shape index (κ1) is 13.7. The molecule has 18 heavy (non-hydrogen) atoms. The SMILES string of the molecule is Fc1cc(Nc2ncc(Br)cc2Cl)c(F)cc1Br.